The number of hydrogen-bond acceptors (Lipinski definition) is 6. The Morgan fingerprint density at radius 3 is 2.62 bits per heavy atom. The lowest BCUT2D eigenvalue weighted by Crippen LogP contribution is -2.07. The Kier molecular flexibility index (Phi) is 3.47. The highest BCUT2D eigenvalue weighted by Crippen LogP contribution is 2.20. The summed E-state index contributed by atoms with van der Waals surface area (Å²) < 4.78 is 1.65. The van der Waals surface area contributed by atoms with E-state index in [-0.39, 0.29) is 0 Å². The summed E-state index contributed by atoms with van der Waals surface area (Å²) in [6, 6.07) is 1.93. The molecule has 7 heteroatoms. The normalized spacial score (nSPS) is 11.0. The van der Waals surface area contributed by atoms with Gasteiger partial charge in [-0.15, -0.1) is 0 Å². The van der Waals surface area contributed by atoms with Gasteiger partial charge in [0.15, 0.2) is 5.65 Å². The Morgan fingerprint density at radius 1 is 1.14 bits per heavy atom. The van der Waals surface area contributed by atoms with Crippen molar-refractivity contribution in [2.45, 2.75) is 27.2 Å². The Hall–Kier alpha value is -2.57. The molecule has 0 radical (unpaired) electrons. The van der Waals surface area contributed by atoms with Gasteiger partial charge < -0.3 is 5.32 Å². The van der Waals surface area contributed by atoms with Crippen LogP contribution in [0.2, 0.25) is 0 Å². The SMILES string of the molecule is CCCNc1ncnc2c1cnn2-c1nc(C)cc(C)n1. The topological polar surface area (TPSA) is 81.4 Å². The van der Waals surface area contributed by atoms with Crippen LogP contribution in [-0.2, 0) is 0 Å². The quantitative estimate of drug-likeness (QED) is 0.789. The fraction of sp³-hybridized carbons (Fsp3) is 0.357. The third-order valence-electron chi connectivity index (χ3n) is 3.07. The van der Waals surface area contributed by atoms with Crippen molar-refractivity contribution in [3.05, 3.63) is 30.0 Å². The van der Waals surface area contributed by atoms with E-state index in [1.54, 1.807) is 10.9 Å². The largest absolute Gasteiger partial charge is 0.369 e. The molecule has 0 aliphatic carbocycles. The van der Waals surface area contributed by atoms with Crippen molar-refractivity contribution in [3.63, 3.8) is 0 Å². The van der Waals surface area contributed by atoms with E-state index in [4.69, 9.17) is 0 Å². The number of hydrogen-bond donors (Lipinski definition) is 1. The molecule has 21 heavy (non-hydrogen) atoms. The van der Waals surface area contributed by atoms with Crippen LogP contribution in [0.1, 0.15) is 24.7 Å². The van der Waals surface area contributed by atoms with Gasteiger partial charge in [-0.1, -0.05) is 6.92 Å². The molecule has 0 saturated carbocycles. The van der Waals surface area contributed by atoms with Gasteiger partial charge in [0, 0.05) is 17.9 Å². The smallest absolute Gasteiger partial charge is 0.252 e. The highest BCUT2D eigenvalue weighted by atomic mass is 15.4. The van der Waals surface area contributed by atoms with Gasteiger partial charge in [-0.2, -0.15) is 9.78 Å². The Morgan fingerprint density at radius 2 is 1.90 bits per heavy atom. The third kappa shape index (κ3) is 2.54. The molecule has 0 atom stereocenters. The Labute approximate surface area is 122 Å². The fourth-order valence-electron chi connectivity index (χ4n) is 2.18. The van der Waals surface area contributed by atoms with Gasteiger partial charge in [0.2, 0.25) is 0 Å². The molecule has 3 heterocycles. The molecule has 0 saturated heterocycles. The van der Waals surface area contributed by atoms with Crippen molar-refractivity contribution in [1.82, 2.24) is 29.7 Å². The molecule has 108 valence electrons. The van der Waals surface area contributed by atoms with Crippen molar-refractivity contribution in [3.8, 4) is 5.95 Å². The van der Waals surface area contributed by atoms with E-state index in [0.29, 0.717) is 11.6 Å². The third-order valence-corrected chi connectivity index (χ3v) is 3.07. The molecule has 1 N–H and O–H groups in total. The van der Waals surface area contributed by atoms with Crippen LogP contribution >= 0.6 is 0 Å². The van der Waals surface area contributed by atoms with E-state index in [1.807, 2.05) is 19.9 Å². The average molecular weight is 283 g/mol. The van der Waals surface area contributed by atoms with Crippen LogP contribution < -0.4 is 5.32 Å². The summed E-state index contributed by atoms with van der Waals surface area (Å²) in [5, 5.41) is 8.51. The molecule has 3 aromatic heterocycles. The maximum absolute atomic E-state index is 4.43. The molecule has 0 fully saturated rings. The van der Waals surface area contributed by atoms with Crippen molar-refractivity contribution < 1.29 is 0 Å². The van der Waals surface area contributed by atoms with Crippen molar-refractivity contribution in [1.29, 1.82) is 0 Å². The molecule has 0 aliphatic heterocycles. The van der Waals surface area contributed by atoms with Gasteiger partial charge in [-0.25, -0.2) is 19.9 Å². The number of nitrogens with zero attached hydrogens (tertiary/aromatic N) is 6. The van der Waals surface area contributed by atoms with Crippen LogP contribution in [0.25, 0.3) is 17.0 Å². The van der Waals surface area contributed by atoms with Crippen LogP contribution in [0.3, 0.4) is 0 Å². The van der Waals surface area contributed by atoms with E-state index < -0.39 is 0 Å². The summed E-state index contributed by atoms with van der Waals surface area (Å²) in [5.41, 5.74) is 2.51. The maximum Gasteiger partial charge on any atom is 0.252 e. The first-order valence-corrected chi connectivity index (χ1v) is 6.94. The predicted octanol–water partition coefficient (Wildman–Crippen LogP) is 2.04. The molecule has 0 unspecified atom stereocenters. The standard InChI is InChI=1S/C14H17N7/c1-4-5-15-12-11-7-18-21(13(11)17-8-16-12)14-19-9(2)6-10(3)20-14/h6-8H,4-5H2,1-3H3,(H,15,16,17). The second-order valence-corrected chi connectivity index (χ2v) is 4.89. The van der Waals surface area contributed by atoms with E-state index in [2.05, 4.69) is 37.3 Å². The molecular weight excluding hydrogens is 266 g/mol. The Bertz CT molecular complexity index is 758. The summed E-state index contributed by atoms with van der Waals surface area (Å²) in [5.74, 6) is 1.32. The van der Waals surface area contributed by atoms with Gasteiger partial charge in [0.05, 0.1) is 11.6 Å². The van der Waals surface area contributed by atoms with Crippen LogP contribution in [-0.4, -0.2) is 36.3 Å². The lowest BCUT2D eigenvalue weighted by Gasteiger charge is -2.05. The van der Waals surface area contributed by atoms with E-state index in [1.165, 1.54) is 6.33 Å². The lowest BCUT2D eigenvalue weighted by atomic mass is 10.3. The monoisotopic (exact) mass is 283 g/mol. The minimum atomic E-state index is 0.530. The zero-order chi connectivity index (χ0) is 14.8. The molecule has 0 aliphatic rings. The number of aryl methyl sites for hydroxylation is 2. The van der Waals surface area contributed by atoms with Gasteiger partial charge in [0.1, 0.15) is 12.1 Å². The molecule has 0 spiro atoms. The second-order valence-electron chi connectivity index (χ2n) is 4.89. The van der Waals surface area contributed by atoms with Crippen molar-refractivity contribution >= 4 is 16.9 Å². The van der Waals surface area contributed by atoms with Gasteiger partial charge in [-0.05, 0) is 26.3 Å². The zero-order valence-electron chi connectivity index (χ0n) is 12.3. The molecule has 3 rings (SSSR count). The number of fused-ring (bicyclic) bond motifs is 1. The average Bonchev–Trinajstić information content (AvgIpc) is 2.88. The molecule has 3 aromatic rings. The van der Waals surface area contributed by atoms with Gasteiger partial charge >= 0.3 is 0 Å². The fourth-order valence-corrected chi connectivity index (χ4v) is 2.18. The summed E-state index contributed by atoms with van der Waals surface area (Å²) in [7, 11) is 0. The van der Waals surface area contributed by atoms with Crippen molar-refractivity contribution in [2.24, 2.45) is 0 Å². The minimum Gasteiger partial charge on any atom is -0.369 e. The molecule has 7 nitrogen and oxygen atoms in total. The van der Waals surface area contributed by atoms with E-state index in [9.17, 15) is 0 Å². The number of rotatable bonds is 4. The zero-order valence-corrected chi connectivity index (χ0v) is 12.3. The molecule has 0 bridgehead atoms. The summed E-state index contributed by atoms with van der Waals surface area (Å²) >= 11 is 0. The highest BCUT2D eigenvalue weighted by molar-refractivity contribution is 5.86. The highest BCUT2D eigenvalue weighted by Gasteiger charge is 2.13. The first-order valence-electron chi connectivity index (χ1n) is 6.94. The molecular formula is C14H17N7. The van der Waals surface area contributed by atoms with Crippen LogP contribution in [0, 0.1) is 13.8 Å². The van der Waals surface area contributed by atoms with Gasteiger partial charge in [-0.3, -0.25) is 0 Å². The molecule has 0 amide bonds. The van der Waals surface area contributed by atoms with Gasteiger partial charge in [0.25, 0.3) is 5.95 Å². The summed E-state index contributed by atoms with van der Waals surface area (Å²) in [6.07, 6.45) is 4.30. The van der Waals surface area contributed by atoms with E-state index >= 15 is 0 Å². The number of aromatic nitrogens is 6. The predicted molar refractivity (Wildman–Crippen MR) is 80.5 cm³/mol. The summed E-state index contributed by atoms with van der Waals surface area (Å²) in [6.45, 7) is 6.84. The van der Waals surface area contributed by atoms with E-state index in [0.717, 1.165) is 35.6 Å². The first kappa shape index (κ1) is 13.4. The van der Waals surface area contributed by atoms with Crippen LogP contribution in [0.5, 0.6) is 0 Å². The number of anilines is 1. The molecule has 0 aromatic carbocycles. The van der Waals surface area contributed by atoms with Crippen LogP contribution in [0.4, 0.5) is 5.82 Å². The number of nitrogens with one attached hydrogen (secondary N) is 1. The maximum atomic E-state index is 4.43. The lowest BCUT2D eigenvalue weighted by molar-refractivity contribution is 0.807. The Balaban J connectivity index is 2.12. The second kappa shape index (κ2) is 5.43. The first-order chi connectivity index (χ1) is 10.2. The summed E-state index contributed by atoms with van der Waals surface area (Å²) in [4.78, 5) is 17.4. The minimum absolute atomic E-state index is 0.530. The van der Waals surface area contributed by atoms with Crippen molar-refractivity contribution in [2.75, 3.05) is 11.9 Å². The van der Waals surface area contributed by atoms with Crippen LogP contribution in [0.15, 0.2) is 18.6 Å².